The zero-order chi connectivity index (χ0) is 31.9. The van der Waals surface area contributed by atoms with E-state index in [2.05, 4.69) is 5.32 Å². The van der Waals surface area contributed by atoms with Gasteiger partial charge in [-0.15, -0.1) is 0 Å². The Hall–Kier alpha value is -4.21. The monoisotopic (exact) mass is 635 g/mol. The Morgan fingerprint density at radius 3 is 2.09 bits per heavy atom. The minimum Gasteiger partial charge on any atom is -0.352 e. The lowest BCUT2D eigenvalue weighted by atomic mass is 10.0. The highest BCUT2D eigenvalue weighted by molar-refractivity contribution is 7.92. The highest BCUT2D eigenvalue weighted by Gasteiger charge is 2.35. The Labute approximate surface area is 263 Å². The third-order valence-corrected chi connectivity index (χ3v) is 9.04. The van der Waals surface area contributed by atoms with Crippen LogP contribution in [0.3, 0.4) is 0 Å². The number of benzene rings is 4. The Morgan fingerprint density at radius 1 is 0.864 bits per heavy atom. The van der Waals surface area contributed by atoms with Gasteiger partial charge >= 0.3 is 0 Å². The van der Waals surface area contributed by atoms with Gasteiger partial charge in [0.2, 0.25) is 11.8 Å². The second-order valence-electron chi connectivity index (χ2n) is 10.8. The van der Waals surface area contributed by atoms with Crippen LogP contribution in [0.25, 0.3) is 0 Å². The molecule has 0 aromatic heterocycles. The predicted molar refractivity (Wildman–Crippen MR) is 171 cm³/mol. The van der Waals surface area contributed by atoms with E-state index in [-0.39, 0.29) is 35.2 Å². The van der Waals surface area contributed by atoms with Crippen molar-refractivity contribution >= 4 is 39.1 Å². The Bertz CT molecular complexity index is 1680. The molecule has 1 unspecified atom stereocenters. The molecule has 4 aromatic carbocycles. The topological polar surface area (TPSA) is 86.8 Å². The molecule has 0 radical (unpaired) electrons. The van der Waals surface area contributed by atoms with Gasteiger partial charge < -0.3 is 10.2 Å². The number of hydrogen-bond acceptors (Lipinski definition) is 4. The standard InChI is InChI=1S/C34H35ClFN3O4S/c1-24(2)37-34(41)32(21-26-9-5-4-6-10-26)38(22-27-11-7-8-12-31(27)36)33(40)23-39(29-17-13-25(3)14-18-29)44(42,43)30-19-15-28(35)16-20-30/h4-20,24,32H,21-23H2,1-3H3,(H,37,41). The fourth-order valence-electron chi connectivity index (χ4n) is 4.72. The maximum absolute atomic E-state index is 15.0. The van der Waals surface area contributed by atoms with E-state index in [4.69, 9.17) is 11.6 Å². The molecule has 0 bridgehead atoms. The van der Waals surface area contributed by atoms with E-state index in [0.717, 1.165) is 15.4 Å². The normalized spacial score (nSPS) is 12.0. The second kappa shape index (κ2) is 14.5. The molecule has 1 atom stereocenters. The van der Waals surface area contributed by atoms with E-state index in [1.807, 2.05) is 37.3 Å². The van der Waals surface area contributed by atoms with E-state index in [1.54, 1.807) is 44.2 Å². The molecule has 0 spiro atoms. The highest BCUT2D eigenvalue weighted by Crippen LogP contribution is 2.26. The van der Waals surface area contributed by atoms with Crippen molar-refractivity contribution in [3.63, 3.8) is 0 Å². The number of carbonyl (C=O) groups is 2. The van der Waals surface area contributed by atoms with Gasteiger partial charge in [-0.1, -0.05) is 77.8 Å². The van der Waals surface area contributed by atoms with Crippen molar-refractivity contribution in [2.45, 2.75) is 50.7 Å². The zero-order valence-corrected chi connectivity index (χ0v) is 26.4. The van der Waals surface area contributed by atoms with E-state index in [9.17, 15) is 22.4 Å². The summed E-state index contributed by atoms with van der Waals surface area (Å²) in [5, 5.41) is 3.24. The first-order valence-electron chi connectivity index (χ1n) is 14.2. The summed E-state index contributed by atoms with van der Waals surface area (Å²) in [5.41, 5.74) is 2.14. The summed E-state index contributed by atoms with van der Waals surface area (Å²) in [6.45, 7) is 4.58. The Kier molecular flexibility index (Phi) is 10.8. The predicted octanol–water partition coefficient (Wildman–Crippen LogP) is 6.15. The van der Waals surface area contributed by atoms with Crippen LogP contribution in [0.1, 0.15) is 30.5 Å². The number of sulfonamides is 1. The van der Waals surface area contributed by atoms with Crippen LogP contribution in [0.15, 0.2) is 108 Å². The van der Waals surface area contributed by atoms with Crippen molar-refractivity contribution in [2.24, 2.45) is 0 Å². The summed E-state index contributed by atoms with van der Waals surface area (Å²) >= 11 is 6.02. The number of amides is 2. The lowest BCUT2D eigenvalue weighted by Gasteiger charge is -2.34. The average Bonchev–Trinajstić information content (AvgIpc) is 2.99. The molecule has 4 aromatic rings. The van der Waals surface area contributed by atoms with Gasteiger partial charge in [0, 0.05) is 29.6 Å². The van der Waals surface area contributed by atoms with E-state index in [0.29, 0.717) is 5.02 Å². The Morgan fingerprint density at radius 2 is 1.48 bits per heavy atom. The van der Waals surface area contributed by atoms with Crippen LogP contribution in [-0.4, -0.2) is 43.8 Å². The number of aryl methyl sites for hydroxylation is 1. The molecule has 0 saturated carbocycles. The largest absolute Gasteiger partial charge is 0.352 e. The zero-order valence-electron chi connectivity index (χ0n) is 24.8. The molecule has 230 valence electrons. The number of carbonyl (C=O) groups excluding carboxylic acids is 2. The average molecular weight is 636 g/mol. The van der Waals surface area contributed by atoms with Gasteiger partial charge in [0.05, 0.1) is 10.6 Å². The second-order valence-corrected chi connectivity index (χ2v) is 13.1. The smallest absolute Gasteiger partial charge is 0.264 e. The summed E-state index contributed by atoms with van der Waals surface area (Å²) in [6.07, 6.45) is 0.133. The van der Waals surface area contributed by atoms with Crippen molar-refractivity contribution in [2.75, 3.05) is 10.8 Å². The van der Waals surface area contributed by atoms with Crippen LogP contribution in [0, 0.1) is 12.7 Å². The van der Waals surface area contributed by atoms with Crippen LogP contribution in [0.4, 0.5) is 10.1 Å². The summed E-state index contributed by atoms with van der Waals surface area (Å²) in [5.74, 6) is -1.65. The van der Waals surface area contributed by atoms with E-state index in [1.165, 1.54) is 47.4 Å². The van der Waals surface area contributed by atoms with Crippen LogP contribution in [0.5, 0.6) is 0 Å². The van der Waals surface area contributed by atoms with Crippen molar-refractivity contribution < 1.29 is 22.4 Å². The number of halogens is 2. The van der Waals surface area contributed by atoms with E-state index >= 15 is 0 Å². The lowest BCUT2D eigenvalue weighted by Crippen LogP contribution is -2.54. The molecule has 10 heteroatoms. The van der Waals surface area contributed by atoms with Gasteiger partial charge in [-0.25, -0.2) is 12.8 Å². The third-order valence-electron chi connectivity index (χ3n) is 7.00. The first-order valence-corrected chi connectivity index (χ1v) is 16.0. The molecule has 7 nitrogen and oxygen atoms in total. The maximum Gasteiger partial charge on any atom is 0.264 e. The molecule has 0 fully saturated rings. The van der Waals surface area contributed by atoms with Crippen molar-refractivity contribution in [1.29, 1.82) is 0 Å². The van der Waals surface area contributed by atoms with Crippen LogP contribution in [-0.2, 0) is 32.6 Å². The molecule has 0 saturated heterocycles. The molecule has 0 aliphatic rings. The quantitative estimate of drug-likeness (QED) is 0.202. The molecule has 0 aliphatic heterocycles. The molecule has 44 heavy (non-hydrogen) atoms. The number of nitrogens with one attached hydrogen (secondary N) is 1. The molecular weight excluding hydrogens is 601 g/mol. The summed E-state index contributed by atoms with van der Waals surface area (Å²) in [6, 6.07) is 26.3. The van der Waals surface area contributed by atoms with Gasteiger partial charge in [0.25, 0.3) is 10.0 Å². The summed E-state index contributed by atoms with van der Waals surface area (Å²) < 4.78 is 44.0. The molecule has 0 aliphatic carbocycles. The SMILES string of the molecule is Cc1ccc(N(CC(=O)N(Cc2ccccc2F)C(Cc2ccccc2)C(=O)NC(C)C)S(=O)(=O)c2ccc(Cl)cc2)cc1. The number of anilines is 1. The van der Waals surface area contributed by atoms with Crippen molar-refractivity contribution in [3.05, 3.63) is 131 Å². The van der Waals surface area contributed by atoms with Crippen molar-refractivity contribution in [1.82, 2.24) is 10.2 Å². The van der Waals surface area contributed by atoms with Crippen molar-refractivity contribution in [3.8, 4) is 0 Å². The number of rotatable bonds is 12. The Balaban J connectivity index is 1.81. The molecule has 4 rings (SSSR count). The lowest BCUT2D eigenvalue weighted by molar-refractivity contribution is -0.140. The maximum atomic E-state index is 15.0. The van der Waals surface area contributed by atoms with Gasteiger partial charge in [-0.05, 0) is 68.8 Å². The minimum absolute atomic E-state index is 0.0608. The third kappa shape index (κ3) is 8.24. The van der Waals surface area contributed by atoms with Crippen LogP contribution in [0.2, 0.25) is 5.02 Å². The fourth-order valence-corrected chi connectivity index (χ4v) is 6.26. The van der Waals surface area contributed by atoms with Gasteiger partial charge in [-0.3, -0.25) is 13.9 Å². The summed E-state index contributed by atoms with van der Waals surface area (Å²) in [4.78, 5) is 29.2. The van der Waals surface area contributed by atoms with Gasteiger partial charge in [-0.2, -0.15) is 0 Å². The molecular formula is C34H35ClFN3O4S. The van der Waals surface area contributed by atoms with Gasteiger partial charge in [0.15, 0.2) is 0 Å². The van der Waals surface area contributed by atoms with Crippen LogP contribution < -0.4 is 9.62 Å². The van der Waals surface area contributed by atoms with E-state index < -0.39 is 40.2 Å². The molecule has 2 amide bonds. The molecule has 1 N–H and O–H groups in total. The number of hydrogen-bond donors (Lipinski definition) is 1. The first-order chi connectivity index (χ1) is 21.0. The minimum atomic E-state index is -4.26. The number of nitrogens with zero attached hydrogens (tertiary/aromatic N) is 2. The fraction of sp³-hybridized carbons (Fsp3) is 0.235. The van der Waals surface area contributed by atoms with Gasteiger partial charge in [0.1, 0.15) is 18.4 Å². The molecule has 0 heterocycles. The first kappa shape index (κ1) is 32.7. The summed E-state index contributed by atoms with van der Waals surface area (Å²) in [7, 11) is -4.26. The highest BCUT2D eigenvalue weighted by atomic mass is 35.5. The van der Waals surface area contributed by atoms with Crippen LogP contribution >= 0.6 is 11.6 Å².